The summed E-state index contributed by atoms with van der Waals surface area (Å²) < 4.78 is 18.9. The van der Waals surface area contributed by atoms with Crippen molar-refractivity contribution in [1.82, 2.24) is 0 Å². The Morgan fingerprint density at radius 1 is 1.15 bits per heavy atom. The van der Waals surface area contributed by atoms with Gasteiger partial charge in [0.2, 0.25) is 0 Å². The SMILES string of the molecule is C=Nc1ccc(OC(=O)c2ccc(C3CCC(CC)CC3)cc2)cc1F. The highest BCUT2D eigenvalue weighted by molar-refractivity contribution is 5.91. The molecule has 0 spiro atoms. The first-order valence-corrected chi connectivity index (χ1v) is 9.19. The third kappa shape index (κ3) is 4.18. The van der Waals surface area contributed by atoms with Gasteiger partial charge < -0.3 is 4.74 Å². The molecule has 0 amide bonds. The lowest BCUT2D eigenvalue weighted by Crippen LogP contribution is -2.13. The second-order valence-electron chi connectivity index (χ2n) is 6.91. The summed E-state index contributed by atoms with van der Waals surface area (Å²) in [5.74, 6) is 0.537. The minimum Gasteiger partial charge on any atom is -0.423 e. The number of benzene rings is 2. The van der Waals surface area contributed by atoms with Crippen LogP contribution in [0.1, 0.15) is 60.9 Å². The Hall–Kier alpha value is -2.49. The van der Waals surface area contributed by atoms with Crippen molar-refractivity contribution in [2.75, 3.05) is 0 Å². The van der Waals surface area contributed by atoms with Gasteiger partial charge in [-0.3, -0.25) is 4.99 Å². The van der Waals surface area contributed by atoms with Crippen molar-refractivity contribution in [2.45, 2.75) is 44.9 Å². The van der Waals surface area contributed by atoms with Gasteiger partial charge in [0.05, 0.1) is 11.3 Å². The highest BCUT2D eigenvalue weighted by Gasteiger charge is 2.21. The van der Waals surface area contributed by atoms with Gasteiger partial charge in [0, 0.05) is 6.07 Å². The van der Waals surface area contributed by atoms with Gasteiger partial charge in [-0.05, 0) is 74.1 Å². The zero-order valence-corrected chi connectivity index (χ0v) is 15.1. The van der Waals surface area contributed by atoms with Crippen LogP contribution < -0.4 is 4.74 Å². The van der Waals surface area contributed by atoms with E-state index in [-0.39, 0.29) is 11.4 Å². The van der Waals surface area contributed by atoms with Gasteiger partial charge in [0.25, 0.3) is 0 Å². The van der Waals surface area contributed by atoms with Crippen LogP contribution >= 0.6 is 0 Å². The zero-order valence-electron chi connectivity index (χ0n) is 15.1. The number of hydrogen-bond acceptors (Lipinski definition) is 3. The van der Waals surface area contributed by atoms with Crippen LogP contribution in [0.3, 0.4) is 0 Å². The number of halogens is 1. The van der Waals surface area contributed by atoms with E-state index in [1.807, 2.05) is 12.1 Å². The number of ether oxygens (including phenoxy) is 1. The molecule has 0 aliphatic heterocycles. The summed E-state index contributed by atoms with van der Waals surface area (Å²) in [7, 11) is 0. The molecule has 26 heavy (non-hydrogen) atoms. The van der Waals surface area contributed by atoms with Crippen LogP contribution in [-0.2, 0) is 0 Å². The summed E-state index contributed by atoms with van der Waals surface area (Å²) in [6, 6.07) is 11.7. The van der Waals surface area contributed by atoms with Crippen molar-refractivity contribution < 1.29 is 13.9 Å². The molecule has 0 N–H and O–H groups in total. The predicted molar refractivity (Wildman–Crippen MR) is 102 cm³/mol. The second-order valence-corrected chi connectivity index (χ2v) is 6.91. The molecule has 0 bridgehead atoms. The van der Waals surface area contributed by atoms with Crippen LogP contribution in [0.5, 0.6) is 5.75 Å². The summed E-state index contributed by atoms with van der Waals surface area (Å²) in [6.07, 6.45) is 6.26. The fourth-order valence-electron chi connectivity index (χ4n) is 3.64. The lowest BCUT2D eigenvalue weighted by Gasteiger charge is -2.28. The Morgan fingerprint density at radius 3 is 2.42 bits per heavy atom. The zero-order chi connectivity index (χ0) is 18.5. The Labute approximate surface area is 153 Å². The van der Waals surface area contributed by atoms with Crippen molar-refractivity contribution in [3.05, 3.63) is 59.4 Å². The lowest BCUT2D eigenvalue weighted by atomic mass is 9.78. The summed E-state index contributed by atoms with van der Waals surface area (Å²) in [5.41, 5.74) is 1.87. The van der Waals surface area contributed by atoms with Crippen molar-refractivity contribution >= 4 is 18.4 Å². The molecule has 0 unspecified atom stereocenters. The van der Waals surface area contributed by atoms with E-state index < -0.39 is 11.8 Å². The fourth-order valence-corrected chi connectivity index (χ4v) is 3.64. The molecule has 1 fully saturated rings. The number of hydrogen-bond donors (Lipinski definition) is 0. The quantitative estimate of drug-likeness (QED) is 0.372. The van der Waals surface area contributed by atoms with E-state index in [2.05, 4.69) is 18.6 Å². The number of carbonyl (C=O) groups is 1. The number of carbonyl (C=O) groups excluding carboxylic acids is 1. The van der Waals surface area contributed by atoms with E-state index in [4.69, 9.17) is 4.74 Å². The molecule has 136 valence electrons. The molecule has 1 saturated carbocycles. The first kappa shape index (κ1) is 18.3. The number of rotatable bonds is 5. The van der Waals surface area contributed by atoms with Gasteiger partial charge in [-0.2, -0.15) is 0 Å². The normalized spacial score (nSPS) is 19.8. The molecular formula is C22H24FNO2. The molecule has 2 aromatic rings. The van der Waals surface area contributed by atoms with Crippen molar-refractivity contribution in [3.63, 3.8) is 0 Å². The Bertz CT molecular complexity index is 777. The number of esters is 1. The van der Waals surface area contributed by atoms with E-state index in [0.29, 0.717) is 11.5 Å². The highest BCUT2D eigenvalue weighted by Crippen LogP contribution is 2.37. The van der Waals surface area contributed by atoms with Gasteiger partial charge in [-0.15, -0.1) is 0 Å². The number of nitrogens with zero attached hydrogens (tertiary/aromatic N) is 1. The molecule has 1 aliphatic rings. The van der Waals surface area contributed by atoms with Crippen LogP contribution in [0.15, 0.2) is 47.5 Å². The van der Waals surface area contributed by atoms with E-state index in [9.17, 15) is 9.18 Å². The van der Waals surface area contributed by atoms with Crippen molar-refractivity contribution in [3.8, 4) is 5.75 Å². The summed E-state index contributed by atoms with van der Waals surface area (Å²) in [5, 5.41) is 0. The van der Waals surface area contributed by atoms with Gasteiger partial charge in [-0.25, -0.2) is 9.18 Å². The Kier molecular flexibility index (Phi) is 5.82. The van der Waals surface area contributed by atoms with E-state index in [1.54, 1.807) is 12.1 Å². The van der Waals surface area contributed by atoms with Crippen LogP contribution in [0.4, 0.5) is 10.1 Å². The smallest absolute Gasteiger partial charge is 0.343 e. The van der Waals surface area contributed by atoms with Crippen LogP contribution in [0, 0.1) is 11.7 Å². The van der Waals surface area contributed by atoms with Crippen molar-refractivity contribution in [1.29, 1.82) is 0 Å². The Balaban J connectivity index is 1.64. The molecular weight excluding hydrogens is 329 g/mol. The minimum absolute atomic E-state index is 0.131. The van der Waals surface area contributed by atoms with Gasteiger partial charge in [-0.1, -0.05) is 25.5 Å². The maximum Gasteiger partial charge on any atom is 0.343 e. The lowest BCUT2D eigenvalue weighted by molar-refractivity contribution is 0.0734. The van der Waals surface area contributed by atoms with Crippen LogP contribution in [-0.4, -0.2) is 12.7 Å². The first-order chi connectivity index (χ1) is 12.6. The molecule has 0 heterocycles. The second kappa shape index (κ2) is 8.26. The molecule has 3 rings (SSSR count). The fraction of sp³-hybridized carbons (Fsp3) is 0.364. The van der Waals surface area contributed by atoms with Gasteiger partial charge in [0.15, 0.2) is 5.82 Å². The van der Waals surface area contributed by atoms with E-state index in [1.165, 1.54) is 49.8 Å². The molecule has 0 radical (unpaired) electrons. The maximum atomic E-state index is 13.7. The van der Waals surface area contributed by atoms with Gasteiger partial charge >= 0.3 is 5.97 Å². The molecule has 4 heteroatoms. The molecule has 1 aliphatic carbocycles. The molecule has 0 saturated heterocycles. The highest BCUT2D eigenvalue weighted by atomic mass is 19.1. The van der Waals surface area contributed by atoms with E-state index >= 15 is 0 Å². The standard InChI is InChI=1S/C22H24FNO2/c1-3-15-4-6-16(7-5-15)17-8-10-18(11-9-17)22(25)26-19-12-13-21(24-2)20(23)14-19/h8-16H,2-7H2,1H3. The third-order valence-corrected chi connectivity index (χ3v) is 5.34. The molecule has 0 aromatic heterocycles. The van der Waals surface area contributed by atoms with Crippen LogP contribution in [0.2, 0.25) is 0 Å². The largest absolute Gasteiger partial charge is 0.423 e. The summed E-state index contributed by atoms with van der Waals surface area (Å²) >= 11 is 0. The summed E-state index contributed by atoms with van der Waals surface area (Å²) in [6.45, 7) is 5.55. The summed E-state index contributed by atoms with van der Waals surface area (Å²) in [4.78, 5) is 15.8. The Morgan fingerprint density at radius 2 is 1.85 bits per heavy atom. The maximum absolute atomic E-state index is 13.7. The average Bonchev–Trinajstić information content (AvgIpc) is 2.68. The van der Waals surface area contributed by atoms with Crippen molar-refractivity contribution in [2.24, 2.45) is 10.9 Å². The topological polar surface area (TPSA) is 38.7 Å². The monoisotopic (exact) mass is 353 g/mol. The molecule has 0 atom stereocenters. The molecule has 3 nitrogen and oxygen atoms in total. The molecule has 2 aromatic carbocycles. The average molecular weight is 353 g/mol. The minimum atomic E-state index is -0.566. The van der Waals surface area contributed by atoms with E-state index in [0.717, 1.165) is 12.0 Å². The third-order valence-electron chi connectivity index (χ3n) is 5.34. The van der Waals surface area contributed by atoms with Gasteiger partial charge in [0.1, 0.15) is 5.75 Å². The first-order valence-electron chi connectivity index (χ1n) is 9.19. The van der Waals surface area contributed by atoms with Crippen LogP contribution in [0.25, 0.3) is 0 Å². The number of aliphatic imine (C=N–C) groups is 1. The predicted octanol–water partition coefficient (Wildman–Crippen LogP) is 6.06.